The summed E-state index contributed by atoms with van der Waals surface area (Å²) in [7, 11) is 0. The highest BCUT2D eigenvalue weighted by atomic mass is 16.5. The Balaban J connectivity index is 1.02. The van der Waals surface area contributed by atoms with E-state index in [1.54, 1.807) is 0 Å². The van der Waals surface area contributed by atoms with Crippen LogP contribution in [0.5, 0.6) is 0 Å². The van der Waals surface area contributed by atoms with Crippen LogP contribution in [0.2, 0.25) is 0 Å². The Hall–Kier alpha value is -7.43. The average molecular weight is 758 g/mol. The number of amidine groups is 1. The molecule has 4 nitrogen and oxygen atoms in total. The molecule has 0 fully saturated rings. The van der Waals surface area contributed by atoms with E-state index in [-0.39, 0.29) is 12.0 Å². The van der Waals surface area contributed by atoms with E-state index < -0.39 is 5.60 Å². The second-order valence-corrected chi connectivity index (χ2v) is 16.1. The summed E-state index contributed by atoms with van der Waals surface area (Å²) < 4.78 is 9.62. The SMILES string of the molecule is CC12C=C(c3ccccc3)C(c3ccccc3)=CC1C1=C(NC(c3ccc(-n4c5ccccc5c5cc6ccccc6cc54)c4ccccc34)=NC1c1ccccc1)O2. The fraction of sp³-hybridized carbons (Fsp3) is 0.0727. The van der Waals surface area contributed by atoms with Crippen molar-refractivity contribution < 1.29 is 4.74 Å². The molecule has 1 aliphatic carbocycles. The van der Waals surface area contributed by atoms with E-state index in [1.807, 2.05) is 0 Å². The Kier molecular flexibility index (Phi) is 7.45. The zero-order valence-electron chi connectivity index (χ0n) is 32.5. The van der Waals surface area contributed by atoms with Crippen molar-refractivity contribution in [2.75, 3.05) is 0 Å². The molecule has 0 bridgehead atoms. The largest absolute Gasteiger partial charge is 0.467 e. The molecular weight excluding hydrogens is 719 g/mol. The van der Waals surface area contributed by atoms with Gasteiger partial charge in [-0.1, -0.05) is 164 Å². The van der Waals surface area contributed by atoms with Crippen LogP contribution in [0.15, 0.2) is 217 Å². The molecule has 0 radical (unpaired) electrons. The Labute approximate surface area is 342 Å². The standard InChI is InChI=1S/C55H39N3O/c1-55-34-46(36-19-7-3-8-20-36)44(35-17-5-2-6-18-35)33-47(55)51-52(37-21-9-4-10-22-37)56-53(57-54(51)59-55)43-29-30-49(41-26-14-13-25-40(41)43)58-48-28-16-15-27-42(48)45-31-38-23-11-12-24-39(38)32-50(45)58/h2-34,47,52H,1H3,(H,56,57). The Morgan fingerprint density at radius 2 is 1.17 bits per heavy atom. The summed E-state index contributed by atoms with van der Waals surface area (Å²) in [6.45, 7) is 2.22. The Bertz CT molecular complexity index is 3280. The number of hydrogen-bond acceptors (Lipinski definition) is 3. The molecule has 9 aromatic rings. The third-order valence-corrected chi connectivity index (χ3v) is 12.6. The Morgan fingerprint density at radius 1 is 0.559 bits per heavy atom. The topological polar surface area (TPSA) is 38.5 Å². The molecule has 0 spiro atoms. The first-order valence-electron chi connectivity index (χ1n) is 20.4. The van der Waals surface area contributed by atoms with Gasteiger partial charge in [0.2, 0.25) is 0 Å². The molecular formula is C55H39N3O. The first-order chi connectivity index (χ1) is 29.1. The summed E-state index contributed by atoms with van der Waals surface area (Å²) in [5, 5.41) is 11.0. The number of para-hydroxylation sites is 1. The maximum absolute atomic E-state index is 7.19. The molecule has 3 atom stereocenters. The number of fused-ring (bicyclic) bond motifs is 7. The van der Waals surface area contributed by atoms with Crippen LogP contribution in [0.4, 0.5) is 0 Å². The van der Waals surface area contributed by atoms with Gasteiger partial charge in [-0.25, -0.2) is 0 Å². The fourth-order valence-electron chi connectivity index (χ4n) is 9.87. The maximum Gasteiger partial charge on any atom is 0.195 e. The maximum atomic E-state index is 7.19. The normalized spacial score (nSPS) is 19.8. The Morgan fingerprint density at radius 3 is 1.92 bits per heavy atom. The summed E-state index contributed by atoms with van der Waals surface area (Å²) >= 11 is 0. The van der Waals surface area contributed by atoms with Crippen molar-refractivity contribution in [2.24, 2.45) is 10.9 Å². The van der Waals surface area contributed by atoms with Crippen molar-refractivity contribution in [1.82, 2.24) is 9.88 Å². The van der Waals surface area contributed by atoms with Gasteiger partial charge < -0.3 is 14.6 Å². The molecule has 0 saturated carbocycles. The molecule has 4 heteroatoms. The average Bonchev–Trinajstić information content (AvgIpc) is 3.78. The van der Waals surface area contributed by atoms with Crippen molar-refractivity contribution in [2.45, 2.75) is 18.6 Å². The monoisotopic (exact) mass is 757 g/mol. The number of benzene rings is 8. The predicted octanol–water partition coefficient (Wildman–Crippen LogP) is 13.0. The predicted molar refractivity (Wildman–Crippen MR) is 243 cm³/mol. The van der Waals surface area contributed by atoms with Crippen molar-refractivity contribution in [3.8, 4) is 5.69 Å². The quantitative estimate of drug-likeness (QED) is 0.190. The second-order valence-electron chi connectivity index (χ2n) is 16.1. The highest BCUT2D eigenvalue weighted by Crippen LogP contribution is 2.54. The number of nitrogens with one attached hydrogen (secondary N) is 1. The van der Waals surface area contributed by atoms with Gasteiger partial charge in [-0.05, 0) is 87.3 Å². The van der Waals surface area contributed by atoms with Gasteiger partial charge in [0.1, 0.15) is 17.5 Å². The first-order valence-corrected chi connectivity index (χ1v) is 20.4. The lowest BCUT2D eigenvalue weighted by molar-refractivity contribution is 0.0619. The van der Waals surface area contributed by atoms with Crippen LogP contribution in [-0.2, 0) is 4.74 Å². The van der Waals surface area contributed by atoms with Gasteiger partial charge in [0.05, 0.1) is 22.6 Å². The van der Waals surface area contributed by atoms with Crippen LogP contribution < -0.4 is 5.32 Å². The van der Waals surface area contributed by atoms with Crippen molar-refractivity contribution in [1.29, 1.82) is 0 Å². The van der Waals surface area contributed by atoms with Gasteiger partial charge in [-0.15, -0.1) is 0 Å². The van der Waals surface area contributed by atoms with Gasteiger partial charge in [0.25, 0.3) is 0 Å². The summed E-state index contributed by atoms with van der Waals surface area (Å²) in [6.07, 6.45) is 4.77. The van der Waals surface area contributed by atoms with Gasteiger partial charge in [-0.2, -0.15) is 0 Å². The fourth-order valence-corrected chi connectivity index (χ4v) is 9.87. The van der Waals surface area contributed by atoms with Crippen LogP contribution in [0.25, 0.3) is 60.2 Å². The van der Waals surface area contributed by atoms with Gasteiger partial charge in [0.15, 0.2) is 5.88 Å². The molecule has 1 aromatic heterocycles. The van der Waals surface area contributed by atoms with E-state index in [0.717, 1.165) is 44.9 Å². The lowest BCUT2D eigenvalue weighted by atomic mass is 9.72. The van der Waals surface area contributed by atoms with Crippen LogP contribution in [0.1, 0.15) is 35.2 Å². The summed E-state index contributed by atoms with van der Waals surface area (Å²) in [4.78, 5) is 5.65. The number of aliphatic imine (C=N–C) groups is 1. The van der Waals surface area contributed by atoms with Crippen LogP contribution >= 0.6 is 0 Å². The molecule has 0 amide bonds. The number of allylic oxidation sites excluding steroid dienone is 2. The minimum Gasteiger partial charge on any atom is -0.467 e. The molecule has 280 valence electrons. The van der Waals surface area contributed by atoms with Crippen molar-refractivity contribution in [3.63, 3.8) is 0 Å². The van der Waals surface area contributed by atoms with Gasteiger partial charge in [-0.3, -0.25) is 4.99 Å². The van der Waals surface area contributed by atoms with Crippen LogP contribution in [0.3, 0.4) is 0 Å². The highest BCUT2D eigenvalue weighted by molar-refractivity contribution is 6.17. The summed E-state index contributed by atoms with van der Waals surface area (Å²) in [5.41, 5.74) is 10.9. The van der Waals surface area contributed by atoms with Gasteiger partial charge >= 0.3 is 0 Å². The van der Waals surface area contributed by atoms with Crippen LogP contribution in [-0.4, -0.2) is 16.0 Å². The zero-order chi connectivity index (χ0) is 39.1. The first kappa shape index (κ1) is 33.7. The van der Waals surface area contributed by atoms with E-state index >= 15 is 0 Å². The summed E-state index contributed by atoms with van der Waals surface area (Å²) in [5.74, 6) is 1.54. The zero-order valence-corrected chi connectivity index (χ0v) is 32.5. The van der Waals surface area contributed by atoms with E-state index in [9.17, 15) is 0 Å². The molecule has 3 heterocycles. The number of aromatic nitrogens is 1. The minimum atomic E-state index is -0.633. The second kappa shape index (κ2) is 13.1. The lowest BCUT2D eigenvalue weighted by Gasteiger charge is -2.34. The molecule has 2 aliphatic heterocycles. The highest BCUT2D eigenvalue weighted by Gasteiger charge is 2.51. The van der Waals surface area contributed by atoms with E-state index in [2.05, 4.69) is 217 Å². The number of hydrogen-bond donors (Lipinski definition) is 1. The number of ether oxygens (including phenoxy) is 1. The van der Waals surface area contributed by atoms with Crippen LogP contribution in [0, 0.1) is 5.92 Å². The molecule has 3 unspecified atom stereocenters. The molecule has 1 N–H and O–H groups in total. The smallest absolute Gasteiger partial charge is 0.195 e. The number of nitrogens with zero attached hydrogens (tertiary/aromatic N) is 2. The minimum absolute atomic E-state index is 0.0475. The van der Waals surface area contributed by atoms with Crippen molar-refractivity contribution in [3.05, 3.63) is 234 Å². The van der Waals surface area contributed by atoms with E-state index in [4.69, 9.17) is 9.73 Å². The molecule has 12 rings (SSSR count). The lowest BCUT2D eigenvalue weighted by Crippen LogP contribution is -2.33. The van der Waals surface area contributed by atoms with Crippen molar-refractivity contribution >= 4 is 60.3 Å². The van der Waals surface area contributed by atoms with E-state index in [0.29, 0.717) is 0 Å². The summed E-state index contributed by atoms with van der Waals surface area (Å²) in [6, 6.07) is 67.2. The third-order valence-electron chi connectivity index (χ3n) is 12.6. The third kappa shape index (κ3) is 5.26. The van der Waals surface area contributed by atoms with E-state index in [1.165, 1.54) is 54.9 Å². The molecule has 0 saturated heterocycles. The van der Waals surface area contributed by atoms with Gasteiger partial charge in [0, 0.05) is 27.3 Å². The molecule has 3 aliphatic rings. The number of rotatable bonds is 5. The molecule has 59 heavy (non-hydrogen) atoms. The molecule has 8 aromatic carbocycles.